The third kappa shape index (κ3) is 2.19. The van der Waals surface area contributed by atoms with Crippen LogP contribution in [0.15, 0.2) is 6.20 Å². The zero-order chi connectivity index (χ0) is 10.7. The third-order valence-electron chi connectivity index (χ3n) is 1.43. The lowest BCUT2D eigenvalue weighted by molar-refractivity contribution is -0.137. The smallest absolute Gasteiger partial charge is 0.349 e. The van der Waals surface area contributed by atoms with Gasteiger partial charge in [0, 0.05) is 6.20 Å². The van der Waals surface area contributed by atoms with Gasteiger partial charge in [-0.1, -0.05) is 11.3 Å². The number of nitrogens with zero attached hydrogens (tertiary/aromatic N) is 1. The van der Waals surface area contributed by atoms with E-state index in [-0.39, 0.29) is 16.2 Å². The lowest BCUT2D eigenvalue weighted by atomic mass is 10.5. The van der Waals surface area contributed by atoms with E-state index >= 15 is 0 Å². The first kappa shape index (κ1) is 10.5. The summed E-state index contributed by atoms with van der Waals surface area (Å²) in [5, 5.41) is 15.8. The van der Waals surface area contributed by atoms with Gasteiger partial charge in [0.1, 0.15) is 11.4 Å². The Labute approximate surface area is 82.9 Å². The van der Waals surface area contributed by atoms with Gasteiger partial charge in [-0.25, -0.2) is 4.79 Å². The van der Waals surface area contributed by atoms with Crippen molar-refractivity contribution in [3.05, 3.63) is 15.9 Å². The molecule has 0 aliphatic heterocycles. The van der Waals surface area contributed by atoms with Crippen molar-refractivity contribution in [2.45, 2.75) is 6.54 Å². The Hall–Kier alpha value is -1.63. The molecule has 1 heterocycles. The molecule has 2 N–H and O–H groups in total. The average Bonchev–Trinajstić information content (AvgIpc) is 2.46. The second kappa shape index (κ2) is 4.05. The van der Waals surface area contributed by atoms with Crippen molar-refractivity contribution in [3.8, 4) is 0 Å². The van der Waals surface area contributed by atoms with Crippen LogP contribution in [0.3, 0.4) is 0 Å². The molecule has 0 spiro atoms. The molecule has 0 aromatic carbocycles. The van der Waals surface area contributed by atoms with Crippen LogP contribution in [0.4, 0.5) is 0 Å². The molecule has 7 heteroatoms. The van der Waals surface area contributed by atoms with Gasteiger partial charge in [-0.3, -0.25) is 10.2 Å². The maximum atomic E-state index is 11.0. The average molecular weight is 216 g/mol. The largest absolute Gasteiger partial charge is 0.480 e. The number of carboxylic acid groups (broad SMARTS) is 1. The van der Waals surface area contributed by atoms with Crippen LogP contribution in [-0.4, -0.2) is 28.7 Å². The summed E-state index contributed by atoms with van der Waals surface area (Å²) in [7, 11) is 1.23. The van der Waals surface area contributed by atoms with Gasteiger partial charge in [0.25, 0.3) is 0 Å². The quantitative estimate of drug-likeness (QED) is 0.690. The summed E-state index contributed by atoms with van der Waals surface area (Å²) < 4.78 is 5.60. The van der Waals surface area contributed by atoms with Crippen LogP contribution in [-0.2, 0) is 16.1 Å². The highest BCUT2D eigenvalue weighted by Crippen LogP contribution is 2.04. The number of carboxylic acids is 1. The summed E-state index contributed by atoms with van der Waals surface area (Å²) in [6, 6.07) is 0. The summed E-state index contributed by atoms with van der Waals surface area (Å²) in [6.45, 7) is -0.327. The van der Waals surface area contributed by atoms with Crippen molar-refractivity contribution in [2.75, 3.05) is 7.11 Å². The van der Waals surface area contributed by atoms with Crippen LogP contribution in [0.1, 0.15) is 9.67 Å². The molecule has 0 aliphatic rings. The van der Waals surface area contributed by atoms with Crippen LogP contribution in [0.5, 0.6) is 0 Å². The van der Waals surface area contributed by atoms with Gasteiger partial charge in [-0.15, -0.1) is 0 Å². The molecule has 0 bridgehead atoms. The minimum absolute atomic E-state index is 0.00722. The monoisotopic (exact) mass is 216 g/mol. The number of aliphatic carboxylic acids is 1. The first-order valence-electron chi connectivity index (χ1n) is 3.59. The molecule has 0 fully saturated rings. The summed E-state index contributed by atoms with van der Waals surface area (Å²) >= 11 is 0.881. The molecule has 0 saturated heterocycles. The maximum Gasteiger partial charge on any atom is 0.349 e. The van der Waals surface area contributed by atoms with Crippen molar-refractivity contribution in [1.29, 1.82) is 5.41 Å². The van der Waals surface area contributed by atoms with Gasteiger partial charge in [0.05, 0.1) is 7.11 Å². The third-order valence-corrected chi connectivity index (χ3v) is 2.35. The number of esters is 1. The Morgan fingerprint density at radius 2 is 2.36 bits per heavy atom. The fourth-order valence-electron chi connectivity index (χ4n) is 0.847. The summed E-state index contributed by atoms with van der Waals surface area (Å²) in [5.74, 6) is -1.62. The number of nitrogens with one attached hydrogen (secondary N) is 1. The van der Waals surface area contributed by atoms with Crippen LogP contribution in [0.2, 0.25) is 0 Å². The highest BCUT2D eigenvalue weighted by molar-refractivity contribution is 7.11. The van der Waals surface area contributed by atoms with Gasteiger partial charge in [0.2, 0.25) is 0 Å². The fourth-order valence-corrected chi connectivity index (χ4v) is 1.64. The minimum atomic E-state index is -1.06. The Morgan fingerprint density at radius 1 is 1.71 bits per heavy atom. The molecule has 0 aliphatic carbocycles. The van der Waals surface area contributed by atoms with E-state index in [4.69, 9.17) is 10.5 Å². The van der Waals surface area contributed by atoms with E-state index in [2.05, 4.69) is 4.74 Å². The van der Waals surface area contributed by atoms with Crippen molar-refractivity contribution in [2.24, 2.45) is 0 Å². The Balaban J connectivity index is 2.99. The molecule has 14 heavy (non-hydrogen) atoms. The second-order valence-corrected chi connectivity index (χ2v) is 3.44. The fraction of sp³-hybridized carbons (Fsp3) is 0.286. The Morgan fingerprint density at radius 3 is 2.86 bits per heavy atom. The van der Waals surface area contributed by atoms with Gasteiger partial charge in [-0.2, -0.15) is 0 Å². The number of methoxy groups -OCH3 is 1. The molecule has 0 radical (unpaired) electrons. The molecular formula is C7H8N2O4S. The lowest BCUT2D eigenvalue weighted by Crippen LogP contribution is -2.17. The summed E-state index contributed by atoms with van der Waals surface area (Å²) in [4.78, 5) is 21.6. The predicted molar refractivity (Wildman–Crippen MR) is 47.1 cm³/mol. The number of carbonyl (C=O) groups is 2. The number of hydrogen-bond donors (Lipinski definition) is 2. The molecule has 1 rings (SSSR count). The van der Waals surface area contributed by atoms with E-state index in [0.717, 1.165) is 11.3 Å². The molecule has 1 aromatic heterocycles. The highest BCUT2D eigenvalue weighted by atomic mass is 32.1. The van der Waals surface area contributed by atoms with Crippen LogP contribution < -0.4 is 4.80 Å². The van der Waals surface area contributed by atoms with Gasteiger partial charge in [0.15, 0.2) is 4.80 Å². The zero-order valence-electron chi connectivity index (χ0n) is 7.31. The van der Waals surface area contributed by atoms with Crippen molar-refractivity contribution >= 4 is 23.3 Å². The molecular weight excluding hydrogens is 208 g/mol. The lowest BCUT2D eigenvalue weighted by Gasteiger charge is -1.94. The van der Waals surface area contributed by atoms with E-state index in [1.807, 2.05) is 0 Å². The number of rotatable bonds is 3. The van der Waals surface area contributed by atoms with Gasteiger partial charge in [-0.05, 0) is 0 Å². The SMILES string of the molecule is COC(=O)c1cn(CC(=O)O)c(=N)s1. The first-order chi connectivity index (χ1) is 6.54. The van der Waals surface area contributed by atoms with Crippen LogP contribution >= 0.6 is 11.3 Å². The number of ether oxygens (including phenoxy) is 1. The van der Waals surface area contributed by atoms with E-state index in [9.17, 15) is 9.59 Å². The number of aromatic nitrogens is 1. The normalized spacial score (nSPS) is 9.79. The predicted octanol–water partition coefficient (Wildman–Crippen LogP) is -0.0997. The van der Waals surface area contributed by atoms with Gasteiger partial charge < -0.3 is 14.4 Å². The molecule has 0 unspecified atom stereocenters. The molecule has 0 saturated carbocycles. The van der Waals surface area contributed by atoms with E-state index in [0.29, 0.717) is 0 Å². The van der Waals surface area contributed by atoms with E-state index in [1.165, 1.54) is 17.9 Å². The van der Waals surface area contributed by atoms with Crippen molar-refractivity contribution < 1.29 is 19.4 Å². The standard InChI is InChI=1S/C7H8N2O4S/c1-13-6(12)4-2-9(3-5(10)11)7(8)14-4/h2,8H,3H2,1H3,(H,10,11). The van der Waals surface area contributed by atoms with Gasteiger partial charge >= 0.3 is 11.9 Å². The van der Waals surface area contributed by atoms with E-state index in [1.54, 1.807) is 0 Å². The van der Waals surface area contributed by atoms with Crippen molar-refractivity contribution in [3.63, 3.8) is 0 Å². The van der Waals surface area contributed by atoms with E-state index < -0.39 is 11.9 Å². The van der Waals surface area contributed by atoms with Crippen molar-refractivity contribution in [1.82, 2.24) is 4.57 Å². The molecule has 0 atom stereocenters. The highest BCUT2D eigenvalue weighted by Gasteiger charge is 2.11. The number of thiazole rings is 1. The molecule has 6 nitrogen and oxygen atoms in total. The minimum Gasteiger partial charge on any atom is -0.480 e. The molecule has 0 amide bonds. The topological polar surface area (TPSA) is 92.4 Å². The Bertz CT molecular complexity index is 420. The maximum absolute atomic E-state index is 11.0. The number of carbonyl (C=O) groups excluding carboxylic acids is 1. The second-order valence-electron chi connectivity index (χ2n) is 2.41. The van der Waals surface area contributed by atoms with Crippen LogP contribution in [0, 0.1) is 5.41 Å². The number of hydrogen-bond acceptors (Lipinski definition) is 5. The zero-order valence-corrected chi connectivity index (χ0v) is 8.13. The van der Waals surface area contributed by atoms with Crippen LogP contribution in [0.25, 0.3) is 0 Å². The first-order valence-corrected chi connectivity index (χ1v) is 4.41. The summed E-state index contributed by atoms with van der Waals surface area (Å²) in [5.41, 5.74) is 0. The molecule has 76 valence electrons. The molecule has 1 aromatic rings. The summed E-state index contributed by atoms with van der Waals surface area (Å²) in [6.07, 6.45) is 1.30. The Kier molecular flexibility index (Phi) is 3.03.